The average molecular weight is 378 g/mol. The minimum absolute atomic E-state index is 0.162. The number of sulfonamides is 1. The summed E-state index contributed by atoms with van der Waals surface area (Å²) in [5.41, 5.74) is 6.10. The van der Waals surface area contributed by atoms with Crippen molar-refractivity contribution in [1.82, 2.24) is 9.62 Å². The Morgan fingerprint density at radius 1 is 1.52 bits per heavy atom. The molecule has 1 saturated heterocycles. The van der Waals surface area contributed by atoms with Crippen LogP contribution < -0.4 is 11.1 Å². The van der Waals surface area contributed by atoms with Crippen molar-refractivity contribution < 1.29 is 17.9 Å². The number of nitrogens with two attached hydrogens (primary N) is 1. The number of methoxy groups -OCH3 is 1. The molecule has 0 spiro atoms. The van der Waals surface area contributed by atoms with Crippen LogP contribution in [-0.4, -0.2) is 45.1 Å². The third-order valence-electron chi connectivity index (χ3n) is 3.23. The summed E-state index contributed by atoms with van der Waals surface area (Å²) in [5.74, 6) is 0. The van der Waals surface area contributed by atoms with E-state index in [0.29, 0.717) is 23.1 Å². The third-order valence-corrected chi connectivity index (χ3v) is 6.07. The summed E-state index contributed by atoms with van der Waals surface area (Å²) in [7, 11) is -2.35. The SMILES string of the molecule is COC(=O)NC1CCN(S(=O)(=O)c2ccc(N)cc2Br)C1. The summed E-state index contributed by atoms with van der Waals surface area (Å²) in [5, 5.41) is 2.61. The second-order valence-electron chi connectivity index (χ2n) is 4.67. The van der Waals surface area contributed by atoms with Crippen LogP contribution in [0.4, 0.5) is 10.5 Å². The Kier molecular flexibility index (Phi) is 4.74. The molecular formula is C12H16BrN3O4S. The van der Waals surface area contributed by atoms with Crippen molar-refractivity contribution in [2.75, 3.05) is 25.9 Å². The molecule has 1 fully saturated rings. The molecule has 1 aliphatic heterocycles. The number of benzene rings is 1. The molecule has 0 aliphatic carbocycles. The number of amides is 1. The zero-order valence-electron chi connectivity index (χ0n) is 11.4. The Morgan fingerprint density at radius 2 is 2.24 bits per heavy atom. The number of halogens is 1. The second-order valence-corrected chi connectivity index (χ2v) is 7.44. The molecule has 1 amide bonds. The topological polar surface area (TPSA) is 102 Å². The van der Waals surface area contributed by atoms with Crippen LogP contribution in [0, 0.1) is 0 Å². The van der Waals surface area contributed by atoms with Gasteiger partial charge in [-0.1, -0.05) is 0 Å². The number of ether oxygens (including phenoxy) is 1. The number of carbonyl (C=O) groups is 1. The summed E-state index contributed by atoms with van der Waals surface area (Å²) in [6, 6.07) is 4.31. The van der Waals surface area contributed by atoms with Crippen molar-refractivity contribution in [2.24, 2.45) is 0 Å². The van der Waals surface area contributed by atoms with E-state index >= 15 is 0 Å². The van der Waals surface area contributed by atoms with Gasteiger partial charge in [-0.05, 0) is 40.5 Å². The maximum absolute atomic E-state index is 12.6. The molecule has 3 N–H and O–H groups in total. The number of anilines is 1. The van der Waals surface area contributed by atoms with E-state index in [0.717, 1.165) is 0 Å². The molecule has 1 atom stereocenters. The van der Waals surface area contributed by atoms with Gasteiger partial charge in [-0.3, -0.25) is 0 Å². The number of hydrogen-bond acceptors (Lipinski definition) is 5. The summed E-state index contributed by atoms with van der Waals surface area (Å²) >= 11 is 3.22. The van der Waals surface area contributed by atoms with Gasteiger partial charge in [-0.2, -0.15) is 4.31 Å². The second kappa shape index (κ2) is 6.20. The van der Waals surface area contributed by atoms with Crippen LogP contribution in [0.5, 0.6) is 0 Å². The molecule has 1 aromatic rings. The van der Waals surface area contributed by atoms with Gasteiger partial charge in [0, 0.05) is 29.3 Å². The van der Waals surface area contributed by atoms with E-state index in [1.165, 1.54) is 23.5 Å². The molecular weight excluding hydrogens is 362 g/mol. The fraction of sp³-hybridized carbons (Fsp3) is 0.417. The highest BCUT2D eigenvalue weighted by molar-refractivity contribution is 9.10. The van der Waals surface area contributed by atoms with Gasteiger partial charge < -0.3 is 15.8 Å². The van der Waals surface area contributed by atoms with Gasteiger partial charge >= 0.3 is 6.09 Å². The van der Waals surface area contributed by atoms with Crippen LogP contribution in [0.25, 0.3) is 0 Å². The smallest absolute Gasteiger partial charge is 0.407 e. The summed E-state index contributed by atoms with van der Waals surface area (Å²) in [6.45, 7) is 0.558. The van der Waals surface area contributed by atoms with Crippen LogP contribution in [0.15, 0.2) is 27.6 Å². The van der Waals surface area contributed by atoms with Gasteiger partial charge in [0.1, 0.15) is 0 Å². The summed E-state index contributed by atoms with van der Waals surface area (Å²) in [6.07, 6.45) is -0.0195. The molecule has 1 unspecified atom stereocenters. The number of rotatable bonds is 3. The van der Waals surface area contributed by atoms with Gasteiger partial charge in [0.2, 0.25) is 10.0 Å². The van der Waals surface area contributed by atoms with Gasteiger partial charge in [0.15, 0.2) is 0 Å². The molecule has 9 heteroatoms. The highest BCUT2D eigenvalue weighted by atomic mass is 79.9. The normalized spacial score (nSPS) is 19.4. The van der Waals surface area contributed by atoms with Crippen LogP contribution in [-0.2, 0) is 14.8 Å². The lowest BCUT2D eigenvalue weighted by Gasteiger charge is -2.18. The molecule has 0 bridgehead atoms. The third kappa shape index (κ3) is 3.47. The standard InChI is InChI=1S/C12H16BrN3O4S/c1-20-12(17)15-9-4-5-16(7-9)21(18,19)11-3-2-8(14)6-10(11)13/h2-3,6,9H,4-5,7,14H2,1H3,(H,15,17). The first-order valence-corrected chi connectivity index (χ1v) is 8.47. The van der Waals surface area contributed by atoms with Gasteiger partial charge in [0.05, 0.1) is 12.0 Å². The lowest BCUT2D eigenvalue weighted by molar-refractivity contribution is 0.167. The van der Waals surface area contributed by atoms with Gasteiger partial charge in [-0.15, -0.1) is 0 Å². The molecule has 21 heavy (non-hydrogen) atoms. The first kappa shape index (κ1) is 16.1. The molecule has 1 heterocycles. The minimum atomic E-state index is -3.62. The van der Waals surface area contributed by atoms with Crippen molar-refractivity contribution in [1.29, 1.82) is 0 Å². The summed E-state index contributed by atoms with van der Waals surface area (Å²) < 4.78 is 31.4. The Hall–Kier alpha value is -1.32. The number of nitrogens with zero attached hydrogens (tertiary/aromatic N) is 1. The molecule has 0 aromatic heterocycles. The zero-order valence-corrected chi connectivity index (χ0v) is 13.8. The highest BCUT2D eigenvalue weighted by Crippen LogP contribution is 2.29. The molecule has 2 rings (SSSR count). The average Bonchev–Trinajstić information content (AvgIpc) is 2.87. The number of nitrogens with one attached hydrogen (secondary N) is 1. The number of nitrogen functional groups attached to an aromatic ring is 1. The molecule has 0 saturated carbocycles. The molecule has 0 radical (unpaired) electrons. The maximum atomic E-state index is 12.6. The fourth-order valence-corrected chi connectivity index (χ4v) is 4.71. The largest absolute Gasteiger partial charge is 0.453 e. The van der Waals surface area contributed by atoms with E-state index in [1.54, 1.807) is 6.07 Å². The number of alkyl carbamates (subject to hydrolysis) is 1. The van der Waals surface area contributed by atoms with Crippen LogP contribution in [0.1, 0.15) is 6.42 Å². The number of carbonyl (C=O) groups excluding carboxylic acids is 1. The predicted molar refractivity (Wildman–Crippen MR) is 81.3 cm³/mol. The molecule has 116 valence electrons. The van der Waals surface area contributed by atoms with Crippen molar-refractivity contribution >= 4 is 37.7 Å². The van der Waals surface area contributed by atoms with E-state index in [9.17, 15) is 13.2 Å². The zero-order chi connectivity index (χ0) is 15.6. The maximum Gasteiger partial charge on any atom is 0.407 e. The Labute approximate surface area is 131 Å². The van der Waals surface area contributed by atoms with Crippen LogP contribution in [0.3, 0.4) is 0 Å². The van der Waals surface area contributed by atoms with E-state index in [-0.39, 0.29) is 17.5 Å². The van der Waals surface area contributed by atoms with Crippen molar-refractivity contribution in [3.05, 3.63) is 22.7 Å². The Balaban J connectivity index is 2.16. The molecule has 1 aliphatic rings. The first-order valence-electron chi connectivity index (χ1n) is 6.24. The van der Waals surface area contributed by atoms with Crippen molar-refractivity contribution in [2.45, 2.75) is 17.4 Å². The van der Waals surface area contributed by atoms with E-state index in [4.69, 9.17) is 5.73 Å². The molecule has 7 nitrogen and oxygen atoms in total. The first-order chi connectivity index (χ1) is 9.84. The monoisotopic (exact) mass is 377 g/mol. The Morgan fingerprint density at radius 3 is 2.86 bits per heavy atom. The van der Waals surface area contributed by atoms with E-state index < -0.39 is 16.1 Å². The predicted octanol–water partition coefficient (Wildman–Crippen LogP) is 1.15. The quantitative estimate of drug-likeness (QED) is 0.769. The van der Waals surface area contributed by atoms with Gasteiger partial charge in [0.25, 0.3) is 0 Å². The summed E-state index contributed by atoms with van der Waals surface area (Å²) in [4.78, 5) is 11.3. The van der Waals surface area contributed by atoms with E-state index in [2.05, 4.69) is 26.0 Å². The van der Waals surface area contributed by atoms with Crippen molar-refractivity contribution in [3.8, 4) is 0 Å². The van der Waals surface area contributed by atoms with E-state index in [1.807, 2.05) is 0 Å². The lowest BCUT2D eigenvalue weighted by Crippen LogP contribution is -2.38. The lowest BCUT2D eigenvalue weighted by atomic mass is 10.3. The minimum Gasteiger partial charge on any atom is -0.453 e. The van der Waals surface area contributed by atoms with Crippen LogP contribution >= 0.6 is 15.9 Å². The fourth-order valence-electron chi connectivity index (χ4n) is 2.16. The van der Waals surface area contributed by atoms with Crippen molar-refractivity contribution in [3.63, 3.8) is 0 Å². The molecule has 1 aromatic carbocycles. The van der Waals surface area contributed by atoms with Crippen LogP contribution in [0.2, 0.25) is 0 Å². The Bertz CT molecular complexity index is 650. The highest BCUT2D eigenvalue weighted by Gasteiger charge is 2.34. The van der Waals surface area contributed by atoms with Gasteiger partial charge in [-0.25, -0.2) is 13.2 Å². The number of hydrogen-bond donors (Lipinski definition) is 2.